The number of urea groups is 1. The molecule has 0 saturated heterocycles. The maximum Gasteiger partial charge on any atom is 0.312 e. The molecule has 0 bridgehead atoms. The number of nitrogens with two attached hydrogens (primary N) is 1. The van der Waals surface area contributed by atoms with E-state index in [2.05, 4.69) is 20.6 Å². The molecule has 5 N–H and O–H groups in total. The molecule has 0 aromatic carbocycles. The lowest BCUT2D eigenvalue weighted by Crippen LogP contribution is -2.51. The van der Waals surface area contributed by atoms with Crippen LogP contribution in [-0.4, -0.2) is 34.5 Å². The highest BCUT2D eigenvalue weighted by atomic mass is 16.2. The van der Waals surface area contributed by atoms with Gasteiger partial charge in [-0.2, -0.15) is 0 Å². The second-order valence-electron chi connectivity index (χ2n) is 4.66. The number of H-pyrrole nitrogens is 1. The Balaban J connectivity index is 2.29. The Morgan fingerprint density at radius 2 is 2.21 bits per heavy atom. The third kappa shape index (κ3) is 5.41. The molecule has 0 spiro atoms. The molecule has 1 aromatic rings. The van der Waals surface area contributed by atoms with Gasteiger partial charge in [-0.1, -0.05) is 13.8 Å². The lowest BCUT2D eigenvalue weighted by Gasteiger charge is -2.20. The number of carbonyl (C=O) groups excluding carboxylic acids is 2. The van der Waals surface area contributed by atoms with Crippen LogP contribution < -0.4 is 16.4 Å². The van der Waals surface area contributed by atoms with Gasteiger partial charge in [0.1, 0.15) is 11.9 Å². The van der Waals surface area contributed by atoms with E-state index < -0.39 is 12.1 Å². The first-order chi connectivity index (χ1) is 9.00. The van der Waals surface area contributed by atoms with E-state index in [1.165, 1.54) is 0 Å². The van der Waals surface area contributed by atoms with Crippen molar-refractivity contribution in [1.82, 2.24) is 20.6 Å². The fraction of sp³-hybridized carbons (Fsp3) is 0.583. The van der Waals surface area contributed by atoms with Crippen molar-refractivity contribution in [3.8, 4) is 0 Å². The van der Waals surface area contributed by atoms with Crippen molar-refractivity contribution in [2.24, 2.45) is 11.7 Å². The number of rotatable bonds is 7. The van der Waals surface area contributed by atoms with Gasteiger partial charge < -0.3 is 21.4 Å². The molecule has 0 fully saturated rings. The highest BCUT2D eigenvalue weighted by molar-refractivity contribution is 5.86. The zero-order chi connectivity index (χ0) is 14.3. The lowest BCUT2D eigenvalue weighted by molar-refractivity contribution is -0.123. The molecule has 0 aliphatic rings. The summed E-state index contributed by atoms with van der Waals surface area (Å²) in [7, 11) is 0. The number of amides is 3. The van der Waals surface area contributed by atoms with Crippen LogP contribution in [0.3, 0.4) is 0 Å². The number of aryl methyl sites for hydroxylation is 1. The van der Waals surface area contributed by atoms with E-state index in [0.29, 0.717) is 6.54 Å². The third-order valence-corrected chi connectivity index (χ3v) is 2.69. The number of carbonyl (C=O) groups is 2. The van der Waals surface area contributed by atoms with E-state index in [-0.39, 0.29) is 11.8 Å². The van der Waals surface area contributed by atoms with Crippen LogP contribution in [0.25, 0.3) is 0 Å². The number of nitrogens with one attached hydrogen (secondary N) is 3. The molecule has 19 heavy (non-hydrogen) atoms. The molecule has 0 radical (unpaired) electrons. The average Bonchev–Trinajstić information content (AvgIpc) is 2.83. The van der Waals surface area contributed by atoms with Crippen LogP contribution in [0.5, 0.6) is 0 Å². The molecule has 1 unspecified atom stereocenters. The van der Waals surface area contributed by atoms with Crippen LogP contribution in [0.1, 0.15) is 26.1 Å². The van der Waals surface area contributed by atoms with Crippen LogP contribution in [-0.2, 0) is 11.2 Å². The molecular formula is C12H21N5O2. The first-order valence-electron chi connectivity index (χ1n) is 6.32. The molecule has 1 rings (SSSR count). The maximum absolute atomic E-state index is 11.9. The van der Waals surface area contributed by atoms with Crippen LogP contribution >= 0.6 is 0 Å². The minimum Gasteiger partial charge on any atom is -0.354 e. The number of imidazole rings is 1. The van der Waals surface area contributed by atoms with Crippen molar-refractivity contribution >= 4 is 11.9 Å². The summed E-state index contributed by atoms with van der Waals surface area (Å²) >= 11 is 0. The average molecular weight is 267 g/mol. The predicted octanol–water partition coefficient (Wildman–Crippen LogP) is 0.151. The fourth-order valence-corrected chi connectivity index (χ4v) is 1.70. The van der Waals surface area contributed by atoms with Crippen molar-refractivity contribution in [2.75, 3.05) is 6.54 Å². The number of nitrogens with zero attached hydrogens (tertiary/aromatic N) is 1. The second kappa shape index (κ2) is 7.40. The topological polar surface area (TPSA) is 113 Å². The maximum atomic E-state index is 11.9. The van der Waals surface area contributed by atoms with Gasteiger partial charge in [0, 0.05) is 25.4 Å². The molecule has 0 saturated carbocycles. The van der Waals surface area contributed by atoms with Crippen molar-refractivity contribution in [1.29, 1.82) is 0 Å². The Labute approximate surface area is 112 Å². The van der Waals surface area contributed by atoms with E-state index in [1.807, 2.05) is 13.8 Å². The van der Waals surface area contributed by atoms with Gasteiger partial charge in [-0.05, 0) is 12.3 Å². The minimum absolute atomic E-state index is 0.0161. The zero-order valence-electron chi connectivity index (χ0n) is 11.3. The largest absolute Gasteiger partial charge is 0.354 e. The SMILES string of the molecule is CC(C)C(NC(N)=O)C(=O)NCCCc1ncc[nH]1. The quantitative estimate of drug-likeness (QED) is 0.527. The van der Waals surface area contributed by atoms with Crippen molar-refractivity contribution in [3.05, 3.63) is 18.2 Å². The van der Waals surface area contributed by atoms with Crippen molar-refractivity contribution < 1.29 is 9.59 Å². The van der Waals surface area contributed by atoms with E-state index >= 15 is 0 Å². The monoisotopic (exact) mass is 267 g/mol. The van der Waals surface area contributed by atoms with E-state index in [1.54, 1.807) is 12.4 Å². The number of aromatic amines is 1. The molecule has 7 nitrogen and oxygen atoms in total. The van der Waals surface area contributed by atoms with Gasteiger partial charge in [0.05, 0.1) is 0 Å². The summed E-state index contributed by atoms with van der Waals surface area (Å²) in [5.41, 5.74) is 5.05. The van der Waals surface area contributed by atoms with Gasteiger partial charge in [-0.25, -0.2) is 9.78 Å². The molecule has 0 aliphatic carbocycles. The number of primary amides is 1. The second-order valence-corrected chi connectivity index (χ2v) is 4.66. The van der Waals surface area contributed by atoms with Gasteiger partial charge >= 0.3 is 6.03 Å². The van der Waals surface area contributed by atoms with Gasteiger partial charge in [0.2, 0.25) is 5.91 Å². The molecule has 3 amide bonds. The number of hydrogen-bond acceptors (Lipinski definition) is 3. The Hall–Kier alpha value is -2.05. The third-order valence-electron chi connectivity index (χ3n) is 2.69. The molecule has 0 aliphatic heterocycles. The lowest BCUT2D eigenvalue weighted by atomic mass is 10.0. The minimum atomic E-state index is -0.690. The highest BCUT2D eigenvalue weighted by Crippen LogP contribution is 2.01. The smallest absolute Gasteiger partial charge is 0.312 e. The standard InChI is InChI=1S/C12H21N5O2/c1-8(2)10(17-12(13)19)11(18)16-5-3-4-9-14-6-7-15-9/h6-8,10H,3-5H2,1-2H3,(H,14,15)(H,16,18)(H3,13,17,19). The fourth-order valence-electron chi connectivity index (χ4n) is 1.70. The van der Waals surface area contributed by atoms with E-state index in [4.69, 9.17) is 5.73 Å². The summed E-state index contributed by atoms with van der Waals surface area (Å²) in [4.78, 5) is 29.8. The summed E-state index contributed by atoms with van der Waals surface area (Å²) in [6, 6.07) is -1.29. The first-order valence-corrected chi connectivity index (χ1v) is 6.32. The van der Waals surface area contributed by atoms with Gasteiger partial charge in [-0.15, -0.1) is 0 Å². The van der Waals surface area contributed by atoms with Gasteiger partial charge in [-0.3, -0.25) is 4.79 Å². The molecular weight excluding hydrogens is 246 g/mol. The van der Waals surface area contributed by atoms with Gasteiger partial charge in [0.15, 0.2) is 0 Å². The number of aromatic nitrogens is 2. The van der Waals surface area contributed by atoms with E-state index in [9.17, 15) is 9.59 Å². The normalized spacial score (nSPS) is 12.2. The molecule has 7 heteroatoms. The van der Waals surface area contributed by atoms with Crippen molar-refractivity contribution in [3.63, 3.8) is 0 Å². The Kier molecular flexibility index (Phi) is 5.84. The Morgan fingerprint density at radius 1 is 1.47 bits per heavy atom. The summed E-state index contributed by atoms with van der Waals surface area (Å²) in [5.74, 6) is 0.663. The first kappa shape index (κ1) is 15.0. The van der Waals surface area contributed by atoms with Crippen molar-refractivity contribution in [2.45, 2.75) is 32.7 Å². The number of hydrogen-bond donors (Lipinski definition) is 4. The molecule has 1 heterocycles. The summed E-state index contributed by atoms with van der Waals surface area (Å²) in [6.07, 6.45) is 5.00. The Bertz CT molecular complexity index is 402. The van der Waals surface area contributed by atoms with E-state index in [0.717, 1.165) is 18.7 Å². The van der Waals surface area contributed by atoms with Crippen LogP contribution in [0.15, 0.2) is 12.4 Å². The molecule has 1 aromatic heterocycles. The van der Waals surface area contributed by atoms with Gasteiger partial charge in [0.25, 0.3) is 0 Å². The van der Waals surface area contributed by atoms with Crippen LogP contribution in [0.2, 0.25) is 0 Å². The van der Waals surface area contributed by atoms with Crippen LogP contribution in [0.4, 0.5) is 4.79 Å². The predicted molar refractivity (Wildman–Crippen MR) is 71.3 cm³/mol. The molecule has 106 valence electrons. The Morgan fingerprint density at radius 3 is 2.74 bits per heavy atom. The summed E-state index contributed by atoms with van der Waals surface area (Å²) in [5, 5.41) is 5.22. The summed E-state index contributed by atoms with van der Waals surface area (Å²) < 4.78 is 0. The highest BCUT2D eigenvalue weighted by Gasteiger charge is 2.22. The van der Waals surface area contributed by atoms with Crippen LogP contribution in [0, 0.1) is 5.92 Å². The zero-order valence-corrected chi connectivity index (χ0v) is 11.3. The molecule has 1 atom stereocenters. The summed E-state index contributed by atoms with van der Waals surface area (Å²) in [6.45, 7) is 4.23.